The van der Waals surface area contributed by atoms with Gasteiger partial charge in [0, 0.05) is 30.6 Å². The average molecular weight is 318 g/mol. The second-order valence-electron chi connectivity index (χ2n) is 5.88. The second kappa shape index (κ2) is 5.85. The van der Waals surface area contributed by atoms with E-state index in [1.165, 1.54) is 0 Å². The molecule has 4 rings (SSSR count). The molecule has 0 bridgehead atoms. The average Bonchev–Trinajstić information content (AvgIpc) is 3.17. The highest BCUT2D eigenvalue weighted by Gasteiger charge is 2.12. The van der Waals surface area contributed by atoms with E-state index in [0.29, 0.717) is 6.61 Å². The summed E-state index contributed by atoms with van der Waals surface area (Å²) < 4.78 is 9.90. The molecule has 3 heterocycles. The van der Waals surface area contributed by atoms with Gasteiger partial charge in [-0.3, -0.25) is 4.68 Å². The van der Waals surface area contributed by atoms with E-state index in [4.69, 9.17) is 4.74 Å². The van der Waals surface area contributed by atoms with Crippen LogP contribution < -0.4 is 4.74 Å². The van der Waals surface area contributed by atoms with Gasteiger partial charge in [0.2, 0.25) is 0 Å². The van der Waals surface area contributed by atoms with Crippen LogP contribution in [0.5, 0.6) is 5.75 Å². The molecule has 0 atom stereocenters. The molecule has 5 heteroatoms. The molecular weight excluding hydrogens is 300 g/mol. The van der Waals surface area contributed by atoms with Crippen LogP contribution in [0.25, 0.3) is 16.8 Å². The van der Waals surface area contributed by atoms with E-state index < -0.39 is 0 Å². The topological polar surface area (TPSA) is 44.4 Å². The third kappa shape index (κ3) is 2.76. The molecule has 0 amide bonds. The van der Waals surface area contributed by atoms with Crippen LogP contribution in [0.1, 0.15) is 11.3 Å². The second-order valence-corrected chi connectivity index (χ2v) is 5.88. The zero-order valence-electron chi connectivity index (χ0n) is 13.7. The maximum atomic E-state index is 6.12. The first-order valence-corrected chi connectivity index (χ1v) is 7.84. The van der Waals surface area contributed by atoms with Gasteiger partial charge in [-0.15, -0.1) is 0 Å². The largest absolute Gasteiger partial charge is 0.487 e. The summed E-state index contributed by atoms with van der Waals surface area (Å²) in [6.07, 6.45) is 7.81. The normalized spacial score (nSPS) is 11.1. The van der Waals surface area contributed by atoms with E-state index in [-0.39, 0.29) is 0 Å². The zero-order chi connectivity index (χ0) is 16.5. The fourth-order valence-corrected chi connectivity index (χ4v) is 2.78. The molecule has 0 spiro atoms. The Morgan fingerprint density at radius 3 is 2.67 bits per heavy atom. The molecule has 4 aromatic rings. The quantitative estimate of drug-likeness (QED) is 0.577. The molecule has 120 valence electrons. The maximum absolute atomic E-state index is 6.12. The highest BCUT2D eigenvalue weighted by molar-refractivity contribution is 5.73. The van der Waals surface area contributed by atoms with E-state index in [1.54, 1.807) is 4.68 Å². The Bertz CT molecular complexity index is 985. The Morgan fingerprint density at radius 2 is 1.92 bits per heavy atom. The van der Waals surface area contributed by atoms with Crippen LogP contribution in [0.4, 0.5) is 0 Å². The van der Waals surface area contributed by atoms with Gasteiger partial charge in [0.05, 0.1) is 18.1 Å². The summed E-state index contributed by atoms with van der Waals surface area (Å²) in [6, 6.07) is 12.2. The SMILES string of the molecule is Cc1cn2cc(OCc3ccccc3)c(-c3cnn(C)c3)cc2n1. The molecule has 24 heavy (non-hydrogen) atoms. The van der Waals surface area contributed by atoms with Crippen LogP contribution in [-0.2, 0) is 13.7 Å². The molecule has 0 unspecified atom stereocenters. The third-order valence-electron chi connectivity index (χ3n) is 3.93. The molecule has 1 aromatic carbocycles. The molecule has 0 radical (unpaired) electrons. The molecule has 5 nitrogen and oxygen atoms in total. The van der Waals surface area contributed by atoms with Crippen molar-refractivity contribution in [2.24, 2.45) is 7.05 Å². The molecule has 0 aliphatic carbocycles. The molecule has 0 fully saturated rings. The number of hydrogen-bond acceptors (Lipinski definition) is 3. The van der Waals surface area contributed by atoms with Crippen molar-refractivity contribution in [2.45, 2.75) is 13.5 Å². The van der Waals surface area contributed by atoms with Crippen molar-refractivity contribution < 1.29 is 4.74 Å². The minimum absolute atomic E-state index is 0.521. The fourth-order valence-electron chi connectivity index (χ4n) is 2.78. The molecule has 0 aliphatic rings. The minimum atomic E-state index is 0.521. The zero-order valence-corrected chi connectivity index (χ0v) is 13.7. The highest BCUT2D eigenvalue weighted by Crippen LogP contribution is 2.31. The Morgan fingerprint density at radius 1 is 1.08 bits per heavy atom. The molecule has 0 aliphatic heterocycles. The summed E-state index contributed by atoms with van der Waals surface area (Å²) in [5.41, 5.74) is 5.03. The lowest BCUT2D eigenvalue weighted by Crippen LogP contribution is -1.98. The van der Waals surface area contributed by atoms with Crippen molar-refractivity contribution in [3.63, 3.8) is 0 Å². The van der Waals surface area contributed by atoms with E-state index >= 15 is 0 Å². The molecule has 0 saturated heterocycles. The van der Waals surface area contributed by atoms with Gasteiger partial charge in [-0.25, -0.2) is 4.98 Å². The van der Waals surface area contributed by atoms with Gasteiger partial charge in [-0.1, -0.05) is 30.3 Å². The maximum Gasteiger partial charge on any atom is 0.144 e. The number of aryl methyl sites for hydroxylation is 2. The number of imidazole rings is 1. The van der Waals surface area contributed by atoms with Gasteiger partial charge < -0.3 is 9.14 Å². The van der Waals surface area contributed by atoms with Gasteiger partial charge in [-0.05, 0) is 18.6 Å². The van der Waals surface area contributed by atoms with Crippen molar-refractivity contribution in [3.05, 3.63) is 72.4 Å². The number of ether oxygens (including phenoxy) is 1. The summed E-state index contributed by atoms with van der Waals surface area (Å²) >= 11 is 0. The lowest BCUT2D eigenvalue weighted by Gasteiger charge is -2.11. The first-order valence-electron chi connectivity index (χ1n) is 7.84. The van der Waals surface area contributed by atoms with Gasteiger partial charge >= 0.3 is 0 Å². The van der Waals surface area contributed by atoms with Crippen molar-refractivity contribution in [1.29, 1.82) is 0 Å². The lowest BCUT2D eigenvalue weighted by molar-refractivity contribution is 0.306. The highest BCUT2D eigenvalue weighted by atomic mass is 16.5. The van der Waals surface area contributed by atoms with Crippen LogP contribution in [-0.4, -0.2) is 19.2 Å². The Labute approximate surface area is 140 Å². The van der Waals surface area contributed by atoms with E-state index in [2.05, 4.69) is 22.2 Å². The minimum Gasteiger partial charge on any atom is -0.487 e. The Kier molecular flexibility index (Phi) is 3.54. The van der Waals surface area contributed by atoms with Crippen molar-refractivity contribution in [2.75, 3.05) is 0 Å². The first-order chi connectivity index (χ1) is 11.7. The van der Waals surface area contributed by atoms with Crippen LogP contribution in [0.15, 0.2) is 61.2 Å². The van der Waals surface area contributed by atoms with Crippen molar-refractivity contribution in [3.8, 4) is 16.9 Å². The Hall–Kier alpha value is -3.08. The van der Waals surface area contributed by atoms with Gasteiger partial charge in [0.15, 0.2) is 0 Å². The first kappa shape index (κ1) is 14.5. The number of rotatable bonds is 4. The molecule has 3 aromatic heterocycles. The summed E-state index contributed by atoms with van der Waals surface area (Å²) in [4.78, 5) is 4.55. The van der Waals surface area contributed by atoms with Crippen molar-refractivity contribution >= 4 is 5.65 Å². The predicted molar refractivity (Wildman–Crippen MR) is 92.9 cm³/mol. The molecular formula is C19H18N4O. The lowest BCUT2D eigenvalue weighted by atomic mass is 10.1. The molecule has 0 N–H and O–H groups in total. The van der Waals surface area contributed by atoms with Gasteiger partial charge in [-0.2, -0.15) is 5.10 Å². The number of fused-ring (bicyclic) bond motifs is 1. The van der Waals surface area contributed by atoms with Crippen LogP contribution in [0, 0.1) is 6.92 Å². The van der Waals surface area contributed by atoms with Crippen LogP contribution >= 0.6 is 0 Å². The predicted octanol–water partition coefficient (Wildman–Crippen LogP) is 3.62. The fraction of sp³-hybridized carbons (Fsp3) is 0.158. The van der Waals surface area contributed by atoms with Crippen LogP contribution in [0.3, 0.4) is 0 Å². The number of hydrogen-bond donors (Lipinski definition) is 0. The summed E-state index contributed by atoms with van der Waals surface area (Å²) in [5, 5.41) is 4.27. The van der Waals surface area contributed by atoms with Crippen molar-refractivity contribution in [1.82, 2.24) is 19.2 Å². The Balaban J connectivity index is 1.76. The van der Waals surface area contributed by atoms with Gasteiger partial charge in [0.25, 0.3) is 0 Å². The smallest absolute Gasteiger partial charge is 0.144 e. The monoisotopic (exact) mass is 318 g/mol. The van der Waals surface area contributed by atoms with E-state index in [1.807, 2.05) is 67.4 Å². The number of benzene rings is 1. The number of aromatic nitrogens is 4. The van der Waals surface area contributed by atoms with E-state index in [0.717, 1.165) is 33.8 Å². The standard InChI is InChI=1S/C19H18N4O/c1-14-10-23-12-18(24-13-15-6-4-3-5-7-15)17(8-19(23)21-14)16-9-20-22(2)11-16/h3-12H,13H2,1-2H3. The number of pyridine rings is 1. The van der Waals surface area contributed by atoms with Gasteiger partial charge in [0.1, 0.15) is 18.0 Å². The van der Waals surface area contributed by atoms with Crippen LogP contribution in [0.2, 0.25) is 0 Å². The summed E-state index contributed by atoms with van der Waals surface area (Å²) in [5.74, 6) is 0.816. The third-order valence-corrected chi connectivity index (χ3v) is 3.93. The summed E-state index contributed by atoms with van der Waals surface area (Å²) in [6.45, 7) is 2.51. The summed E-state index contributed by atoms with van der Waals surface area (Å²) in [7, 11) is 1.91. The molecule has 0 saturated carbocycles. The van der Waals surface area contributed by atoms with E-state index in [9.17, 15) is 0 Å². The number of nitrogens with zero attached hydrogens (tertiary/aromatic N) is 4.